The highest BCUT2D eigenvalue weighted by Crippen LogP contribution is 2.25. The van der Waals surface area contributed by atoms with Gasteiger partial charge in [0.1, 0.15) is 0 Å². The molecule has 1 aromatic carbocycles. The van der Waals surface area contributed by atoms with Crippen molar-refractivity contribution in [1.29, 1.82) is 0 Å². The molecule has 4 rings (SSSR count). The molecule has 0 spiro atoms. The third-order valence-electron chi connectivity index (χ3n) is 5.62. The van der Waals surface area contributed by atoms with Crippen molar-refractivity contribution in [3.63, 3.8) is 0 Å². The van der Waals surface area contributed by atoms with Crippen molar-refractivity contribution < 1.29 is 4.79 Å². The lowest BCUT2D eigenvalue weighted by Crippen LogP contribution is -2.52. The van der Waals surface area contributed by atoms with Crippen LogP contribution in [-0.4, -0.2) is 40.3 Å². The normalized spacial score (nSPS) is 14.8. The van der Waals surface area contributed by atoms with Crippen molar-refractivity contribution in [2.24, 2.45) is 13.0 Å². The number of carbonyl (C=O) groups excluding carboxylic acids is 1. The quantitative estimate of drug-likeness (QED) is 0.726. The van der Waals surface area contributed by atoms with E-state index in [1.807, 2.05) is 25.2 Å². The Morgan fingerprint density at radius 3 is 2.59 bits per heavy atom. The van der Waals surface area contributed by atoms with Crippen LogP contribution in [0.4, 0.5) is 5.82 Å². The standard InChI is InChI=1S/C23H29N5O/c1-23(2,3)20-9-10-21(26-25-20)28-13-16(14-28)12-24-22(29)11-17-15-27(4)19-8-6-5-7-18(17)19/h5-10,15-16H,11-14H2,1-4H3,(H,24,29). The molecule has 0 bridgehead atoms. The van der Waals surface area contributed by atoms with Crippen molar-refractivity contribution >= 4 is 22.6 Å². The van der Waals surface area contributed by atoms with Gasteiger partial charge in [0.15, 0.2) is 5.82 Å². The number of anilines is 1. The van der Waals surface area contributed by atoms with Crippen LogP contribution in [0, 0.1) is 5.92 Å². The van der Waals surface area contributed by atoms with E-state index in [0.29, 0.717) is 18.9 Å². The summed E-state index contributed by atoms with van der Waals surface area (Å²) in [6.45, 7) is 8.91. The van der Waals surface area contributed by atoms with Gasteiger partial charge in [-0.1, -0.05) is 39.0 Å². The van der Waals surface area contributed by atoms with Gasteiger partial charge in [0.05, 0.1) is 12.1 Å². The number of nitrogens with one attached hydrogen (secondary N) is 1. The number of para-hydroxylation sites is 1. The number of aromatic nitrogens is 3. The lowest BCUT2D eigenvalue weighted by atomic mass is 9.92. The van der Waals surface area contributed by atoms with E-state index in [1.165, 1.54) is 0 Å². The van der Waals surface area contributed by atoms with E-state index in [4.69, 9.17) is 0 Å². The minimum absolute atomic E-state index is 0.0113. The van der Waals surface area contributed by atoms with Crippen LogP contribution in [0.3, 0.4) is 0 Å². The molecule has 1 aliphatic heterocycles. The molecule has 0 aliphatic carbocycles. The summed E-state index contributed by atoms with van der Waals surface area (Å²) >= 11 is 0. The average molecular weight is 392 g/mol. The SMILES string of the molecule is Cn1cc(CC(=O)NCC2CN(c3ccc(C(C)(C)C)nn3)C2)c2ccccc21. The van der Waals surface area contributed by atoms with Gasteiger partial charge in [0.25, 0.3) is 0 Å². The monoisotopic (exact) mass is 391 g/mol. The Bertz CT molecular complexity index is 1010. The topological polar surface area (TPSA) is 63.1 Å². The van der Waals surface area contributed by atoms with Gasteiger partial charge in [0, 0.05) is 55.1 Å². The van der Waals surface area contributed by atoms with E-state index < -0.39 is 0 Å². The largest absolute Gasteiger partial charge is 0.355 e. The van der Waals surface area contributed by atoms with Crippen molar-refractivity contribution in [3.8, 4) is 0 Å². The van der Waals surface area contributed by atoms with Crippen LogP contribution in [0.2, 0.25) is 0 Å². The van der Waals surface area contributed by atoms with Crippen molar-refractivity contribution in [2.75, 3.05) is 24.5 Å². The molecule has 152 valence electrons. The zero-order valence-electron chi connectivity index (χ0n) is 17.6. The zero-order valence-corrected chi connectivity index (χ0v) is 17.6. The molecule has 2 aromatic heterocycles. The second-order valence-electron chi connectivity index (χ2n) is 9.06. The zero-order chi connectivity index (χ0) is 20.6. The molecule has 1 fully saturated rings. The van der Waals surface area contributed by atoms with E-state index in [9.17, 15) is 4.79 Å². The number of nitrogens with zero attached hydrogens (tertiary/aromatic N) is 4. The lowest BCUT2D eigenvalue weighted by Gasteiger charge is -2.40. The molecule has 0 saturated carbocycles. The molecule has 6 nitrogen and oxygen atoms in total. The molecule has 6 heteroatoms. The summed E-state index contributed by atoms with van der Waals surface area (Å²) in [5, 5.41) is 13.0. The fourth-order valence-electron chi connectivity index (χ4n) is 3.84. The predicted octanol–water partition coefficient (Wildman–Crippen LogP) is 3.06. The summed E-state index contributed by atoms with van der Waals surface area (Å²) in [4.78, 5) is 14.6. The van der Waals surface area contributed by atoms with Gasteiger partial charge >= 0.3 is 0 Å². The Labute approximate surface area is 171 Å². The van der Waals surface area contributed by atoms with Crippen LogP contribution in [0.25, 0.3) is 10.9 Å². The van der Waals surface area contributed by atoms with Crippen LogP contribution in [0.1, 0.15) is 32.0 Å². The first-order valence-corrected chi connectivity index (χ1v) is 10.2. The molecule has 1 saturated heterocycles. The van der Waals surface area contributed by atoms with Crippen molar-refractivity contribution in [1.82, 2.24) is 20.1 Å². The minimum atomic E-state index is 0.0113. The molecule has 1 aliphatic rings. The Morgan fingerprint density at radius 1 is 1.14 bits per heavy atom. The Kier molecular flexibility index (Phi) is 5.03. The lowest BCUT2D eigenvalue weighted by molar-refractivity contribution is -0.120. The fourth-order valence-corrected chi connectivity index (χ4v) is 3.84. The van der Waals surface area contributed by atoms with E-state index >= 15 is 0 Å². The number of benzene rings is 1. The van der Waals surface area contributed by atoms with Gasteiger partial charge in [-0.15, -0.1) is 5.10 Å². The fraction of sp³-hybridized carbons (Fsp3) is 0.435. The van der Waals surface area contributed by atoms with Crippen LogP contribution < -0.4 is 10.2 Å². The van der Waals surface area contributed by atoms with Crippen molar-refractivity contribution in [2.45, 2.75) is 32.6 Å². The van der Waals surface area contributed by atoms with Gasteiger partial charge in [-0.3, -0.25) is 4.79 Å². The Morgan fingerprint density at radius 2 is 1.90 bits per heavy atom. The third kappa shape index (κ3) is 4.11. The number of fused-ring (bicyclic) bond motifs is 1. The first kappa shape index (κ1) is 19.4. The molecule has 1 N–H and O–H groups in total. The van der Waals surface area contributed by atoms with Gasteiger partial charge in [-0.05, 0) is 23.8 Å². The maximum Gasteiger partial charge on any atom is 0.224 e. The Balaban J connectivity index is 1.26. The molecule has 3 heterocycles. The molecule has 0 unspecified atom stereocenters. The number of hydrogen-bond acceptors (Lipinski definition) is 4. The summed E-state index contributed by atoms with van der Waals surface area (Å²) in [6, 6.07) is 12.3. The number of rotatable bonds is 5. The van der Waals surface area contributed by atoms with Gasteiger partial charge in [0.2, 0.25) is 5.91 Å². The summed E-state index contributed by atoms with van der Waals surface area (Å²) in [6.07, 6.45) is 2.47. The summed E-state index contributed by atoms with van der Waals surface area (Å²) in [7, 11) is 2.02. The predicted molar refractivity (Wildman–Crippen MR) is 116 cm³/mol. The van der Waals surface area contributed by atoms with E-state index in [-0.39, 0.29) is 11.3 Å². The highest BCUT2D eigenvalue weighted by molar-refractivity contribution is 5.89. The summed E-state index contributed by atoms with van der Waals surface area (Å²) < 4.78 is 2.08. The van der Waals surface area contributed by atoms with Crippen LogP contribution in [0.15, 0.2) is 42.6 Å². The molecule has 3 aromatic rings. The number of amides is 1. The number of aryl methyl sites for hydroxylation is 1. The van der Waals surface area contributed by atoms with E-state index in [2.05, 4.69) is 70.1 Å². The molecule has 0 atom stereocenters. The van der Waals surface area contributed by atoms with Crippen molar-refractivity contribution in [3.05, 3.63) is 53.9 Å². The molecular formula is C23H29N5O. The third-order valence-corrected chi connectivity index (χ3v) is 5.62. The highest BCUT2D eigenvalue weighted by atomic mass is 16.1. The van der Waals surface area contributed by atoms with Crippen LogP contribution >= 0.6 is 0 Å². The molecular weight excluding hydrogens is 362 g/mol. The van der Waals surface area contributed by atoms with E-state index in [0.717, 1.165) is 41.1 Å². The second-order valence-corrected chi connectivity index (χ2v) is 9.06. The maximum atomic E-state index is 12.4. The Hall–Kier alpha value is -2.89. The first-order chi connectivity index (χ1) is 13.8. The second kappa shape index (κ2) is 7.50. The number of hydrogen-bond donors (Lipinski definition) is 1. The first-order valence-electron chi connectivity index (χ1n) is 10.2. The number of carbonyl (C=O) groups is 1. The smallest absolute Gasteiger partial charge is 0.224 e. The van der Waals surface area contributed by atoms with Gasteiger partial charge in [-0.2, -0.15) is 5.10 Å². The molecule has 29 heavy (non-hydrogen) atoms. The summed E-state index contributed by atoms with van der Waals surface area (Å²) in [5.41, 5.74) is 3.24. The minimum Gasteiger partial charge on any atom is -0.355 e. The molecule has 1 amide bonds. The average Bonchev–Trinajstić information content (AvgIpc) is 2.96. The maximum absolute atomic E-state index is 12.4. The van der Waals surface area contributed by atoms with Gasteiger partial charge < -0.3 is 14.8 Å². The van der Waals surface area contributed by atoms with Gasteiger partial charge in [-0.25, -0.2) is 0 Å². The van der Waals surface area contributed by atoms with E-state index in [1.54, 1.807) is 0 Å². The van der Waals surface area contributed by atoms with Crippen LogP contribution in [-0.2, 0) is 23.7 Å². The highest BCUT2D eigenvalue weighted by Gasteiger charge is 2.28. The molecule has 0 radical (unpaired) electrons. The summed E-state index contributed by atoms with van der Waals surface area (Å²) in [5.74, 6) is 1.45. The van der Waals surface area contributed by atoms with Crippen LogP contribution in [0.5, 0.6) is 0 Å².